The maximum atomic E-state index is 5.09. The Morgan fingerprint density at radius 3 is 2.00 bits per heavy atom. The third-order valence-corrected chi connectivity index (χ3v) is 5.89. The van der Waals surface area contributed by atoms with E-state index in [9.17, 15) is 0 Å². The molecule has 0 N–H and O–H groups in total. The highest BCUT2D eigenvalue weighted by molar-refractivity contribution is 6.05. The number of aliphatic imine (C=N–C) groups is 2. The number of hydrogen-bond donors (Lipinski definition) is 0. The number of pyridine rings is 1. The van der Waals surface area contributed by atoms with Gasteiger partial charge in [0.25, 0.3) is 0 Å². The molecule has 2 aromatic carbocycles. The lowest BCUT2D eigenvalue weighted by Gasteiger charge is -2.19. The lowest BCUT2D eigenvalue weighted by atomic mass is 9.93. The molecule has 3 nitrogen and oxygen atoms in total. The van der Waals surface area contributed by atoms with Gasteiger partial charge in [-0.2, -0.15) is 0 Å². The fraction of sp³-hybridized carbons (Fsp3) is 0.296. The van der Waals surface area contributed by atoms with E-state index in [4.69, 9.17) is 15.0 Å². The van der Waals surface area contributed by atoms with E-state index in [-0.39, 0.29) is 0 Å². The molecule has 0 saturated carbocycles. The number of nitrogens with zero attached hydrogens (tertiary/aromatic N) is 3. The summed E-state index contributed by atoms with van der Waals surface area (Å²) in [5.41, 5.74) is 12.2. The molecule has 0 spiro atoms. The van der Waals surface area contributed by atoms with E-state index in [0.29, 0.717) is 0 Å². The molecule has 3 aromatic rings. The summed E-state index contributed by atoms with van der Waals surface area (Å²) in [6.07, 6.45) is 3.14. The first kappa shape index (κ1) is 20.2. The van der Waals surface area contributed by atoms with Crippen LogP contribution < -0.4 is 0 Å². The van der Waals surface area contributed by atoms with E-state index in [1.54, 1.807) is 0 Å². The third kappa shape index (κ3) is 3.97. The molecule has 30 heavy (non-hydrogen) atoms. The zero-order chi connectivity index (χ0) is 21.3. The van der Waals surface area contributed by atoms with Gasteiger partial charge in [0.15, 0.2) is 0 Å². The SMILES string of the molecule is CC(=Nc1c(C)cccc1C)c1ccc2c(n1)C(=Nc1c(C)cccc1C)CCC2. The number of fused-ring (bicyclic) bond motifs is 1. The van der Waals surface area contributed by atoms with Crippen LogP contribution in [0, 0.1) is 27.7 Å². The highest BCUT2D eigenvalue weighted by Crippen LogP contribution is 2.29. The Kier molecular flexibility index (Phi) is 5.63. The molecule has 1 aromatic heterocycles. The fourth-order valence-electron chi connectivity index (χ4n) is 4.14. The van der Waals surface area contributed by atoms with Crippen LogP contribution in [-0.4, -0.2) is 16.4 Å². The third-order valence-electron chi connectivity index (χ3n) is 5.89. The molecule has 4 rings (SSSR count). The van der Waals surface area contributed by atoms with Gasteiger partial charge in [-0.15, -0.1) is 0 Å². The van der Waals surface area contributed by atoms with E-state index in [2.05, 4.69) is 76.2 Å². The second-order valence-corrected chi connectivity index (χ2v) is 8.29. The number of benzene rings is 2. The van der Waals surface area contributed by atoms with Gasteiger partial charge < -0.3 is 0 Å². The first-order valence-electron chi connectivity index (χ1n) is 10.7. The summed E-state index contributed by atoms with van der Waals surface area (Å²) in [7, 11) is 0. The first-order valence-corrected chi connectivity index (χ1v) is 10.7. The van der Waals surface area contributed by atoms with Crippen molar-refractivity contribution in [2.24, 2.45) is 9.98 Å². The monoisotopic (exact) mass is 395 g/mol. The first-order chi connectivity index (χ1) is 14.4. The molecular weight excluding hydrogens is 366 g/mol. The average Bonchev–Trinajstić information content (AvgIpc) is 2.73. The van der Waals surface area contributed by atoms with E-state index in [1.807, 2.05) is 6.92 Å². The topological polar surface area (TPSA) is 37.6 Å². The van der Waals surface area contributed by atoms with Crippen molar-refractivity contribution in [2.45, 2.75) is 53.9 Å². The molecule has 0 amide bonds. The number of rotatable bonds is 3. The Hall–Kier alpha value is -3.07. The predicted octanol–water partition coefficient (Wildman–Crippen LogP) is 6.91. The van der Waals surface area contributed by atoms with Crippen molar-refractivity contribution in [3.8, 4) is 0 Å². The second kappa shape index (κ2) is 8.35. The minimum absolute atomic E-state index is 0.924. The lowest BCUT2D eigenvalue weighted by Crippen LogP contribution is -2.16. The molecule has 0 radical (unpaired) electrons. The van der Waals surface area contributed by atoms with Crippen LogP contribution in [0.25, 0.3) is 0 Å². The zero-order valence-corrected chi connectivity index (χ0v) is 18.6. The molecule has 152 valence electrons. The number of aromatic nitrogens is 1. The second-order valence-electron chi connectivity index (χ2n) is 8.29. The maximum absolute atomic E-state index is 5.09. The molecular formula is C27H29N3. The Bertz CT molecular complexity index is 1130. The van der Waals surface area contributed by atoms with Gasteiger partial charge in [-0.1, -0.05) is 42.5 Å². The van der Waals surface area contributed by atoms with Gasteiger partial charge in [0.2, 0.25) is 0 Å². The maximum Gasteiger partial charge on any atom is 0.0884 e. The molecule has 0 atom stereocenters. The Morgan fingerprint density at radius 1 is 0.767 bits per heavy atom. The van der Waals surface area contributed by atoms with Crippen LogP contribution in [0.15, 0.2) is 58.5 Å². The fourth-order valence-corrected chi connectivity index (χ4v) is 4.14. The van der Waals surface area contributed by atoms with E-state index in [0.717, 1.165) is 53.4 Å². The van der Waals surface area contributed by atoms with Crippen molar-refractivity contribution >= 4 is 22.8 Å². The Morgan fingerprint density at radius 2 is 1.37 bits per heavy atom. The van der Waals surface area contributed by atoms with Crippen LogP contribution in [-0.2, 0) is 6.42 Å². The molecule has 1 aliphatic carbocycles. The molecule has 1 aliphatic rings. The Balaban J connectivity index is 1.78. The van der Waals surface area contributed by atoms with Gasteiger partial charge in [-0.05, 0) is 87.8 Å². The lowest BCUT2D eigenvalue weighted by molar-refractivity contribution is 0.825. The van der Waals surface area contributed by atoms with Crippen molar-refractivity contribution in [3.63, 3.8) is 0 Å². The molecule has 0 aliphatic heterocycles. The Labute approximate surface area is 179 Å². The van der Waals surface area contributed by atoms with Gasteiger partial charge in [0.05, 0.1) is 34.2 Å². The minimum atomic E-state index is 0.924. The quantitative estimate of drug-likeness (QED) is 0.444. The number of hydrogen-bond acceptors (Lipinski definition) is 3. The van der Waals surface area contributed by atoms with Gasteiger partial charge >= 0.3 is 0 Å². The van der Waals surface area contributed by atoms with Gasteiger partial charge in [0.1, 0.15) is 0 Å². The molecule has 0 bridgehead atoms. The normalized spacial score (nSPS) is 15.4. The summed E-state index contributed by atoms with van der Waals surface area (Å²) < 4.78 is 0. The molecule has 1 heterocycles. The smallest absolute Gasteiger partial charge is 0.0884 e. The van der Waals surface area contributed by atoms with Crippen LogP contribution in [0.5, 0.6) is 0 Å². The van der Waals surface area contributed by atoms with Crippen LogP contribution in [0.1, 0.15) is 59.0 Å². The zero-order valence-electron chi connectivity index (χ0n) is 18.6. The minimum Gasteiger partial charge on any atom is -0.251 e. The highest BCUT2D eigenvalue weighted by Gasteiger charge is 2.19. The predicted molar refractivity (Wildman–Crippen MR) is 127 cm³/mol. The summed E-state index contributed by atoms with van der Waals surface area (Å²) in [5.74, 6) is 0. The van der Waals surface area contributed by atoms with Crippen LogP contribution in [0.4, 0.5) is 11.4 Å². The average molecular weight is 396 g/mol. The number of aryl methyl sites for hydroxylation is 5. The largest absolute Gasteiger partial charge is 0.251 e. The summed E-state index contributed by atoms with van der Waals surface area (Å²) in [5, 5.41) is 0. The van der Waals surface area contributed by atoms with Crippen molar-refractivity contribution in [3.05, 3.63) is 87.7 Å². The van der Waals surface area contributed by atoms with Crippen LogP contribution in [0.2, 0.25) is 0 Å². The van der Waals surface area contributed by atoms with E-state index in [1.165, 1.54) is 27.8 Å². The van der Waals surface area contributed by atoms with Crippen LogP contribution in [0.3, 0.4) is 0 Å². The standard InChI is InChI=1S/C27H29N3/c1-17-9-6-10-18(2)25(17)28-21(5)23-16-15-22-13-8-14-24(27(22)29-23)30-26-19(3)11-7-12-20(26)4/h6-7,9-12,15-16H,8,13-14H2,1-5H3. The molecule has 0 unspecified atom stereocenters. The summed E-state index contributed by atoms with van der Waals surface area (Å²) in [6, 6.07) is 16.9. The summed E-state index contributed by atoms with van der Waals surface area (Å²) in [6.45, 7) is 10.5. The summed E-state index contributed by atoms with van der Waals surface area (Å²) in [4.78, 5) is 15.1. The highest BCUT2D eigenvalue weighted by atomic mass is 14.9. The summed E-state index contributed by atoms with van der Waals surface area (Å²) >= 11 is 0. The van der Waals surface area contributed by atoms with Crippen LogP contribution >= 0.6 is 0 Å². The molecule has 0 fully saturated rings. The van der Waals surface area contributed by atoms with Gasteiger partial charge in [-0.25, -0.2) is 4.98 Å². The number of para-hydroxylation sites is 2. The van der Waals surface area contributed by atoms with E-state index >= 15 is 0 Å². The van der Waals surface area contributed by atoms with Crippen molar-refractivity contribution < 1.29 is 0 Å². The van der Waals surface area contributed by atoms with Gasteiger partial charge in [0, 0.05) is 0 Å². The molecule has 0 saturated heterocycles. The van der Waals surface area contributed by atoms with Crippen molar-refractivity contribution in [2.75, 3.05) is 0 Å². The van der Waals surface area contributed by atoms with Crippen molar-refractivity contribution in [1.82, 2.24) is 4.98 Å². The van der Waals surface area contributed by atoms with Gasteiger partial charge in [-0.3, -0.25) is 9.98 Å². The van der Waals surface area contributed by atoms with Crippen molar-refractivity contribution in [1.29, 1.82) is 0 Å². The molecule has 3 heteroatoms. The van der Waals surface area contributed by atoms with E-state index < -0.39 is 0 Å².